The Balaban J connectivity index is 1.66. The van der Waals surface area contributed by atoms with E-state index in [1.807, 2.05) is 13.0 Å². The molecule has 1 aromatic heterocycles. The molecule has 4 aromatic rings. The summed E-state index contributed by atoms with van der Waals surface area (Å²) in [5.41, 5.74) is 1.48. The molecule has 0 bridgehead atoms. The molecule has 1 aliphatic heterocycles. The number of ether oxygens (including phenoxy) is 4. The number of carbonyl (C=O) groups is 2. The highest BCUT2D eigenvalue weighted by Crippen LogP contribution is 2.46. The molecular formula is C33H34N2O7S. The smallest absolute Gasteiger partial charge is 0.301 e. The van der Waals surface area contributed by atoms with Crippen LogP contribution in [0.1, 0.15) is 44.4 Å². The number of anilines is 1. The average Bonchev–Trinajstić information content (AvgIpc) is 3.54. The Hall–Kier alpha value is -4.57. The van der Waals surface area contributed by atoms with E-state index in [9.17, 15) is 14.7 Å². The second-order valence-electron chi connectivity index (χ2n) is 10.4. The fraction of sp³-hybridized carbons (Fsp3) is 0.303. The molecule has 0 radical (unpaired) electrons. The van der Waals surface area contributed by atoms with E-state index in [2.05, 4.69) is 18.8 Å². The van der Waals surface area contributed by atoms with Crippen LogP contribution in [0.3, 0.4) is 0 Å². The number of aromatic nitrogens is 1. The van der Waals surface area contributed by atoms with E-state index in [0.29, 0.717) is 63.9 Å². The summed E-state index contributed by atoms with van der Waals surface area (Å²) in [5.74, 6) is 0.702. The summed E-state index contributed by atoms with van der Waals surface area (Å²) >= 11 is 1.26. The van der Waals surface area contributed by atoms with Gasteiger partial charge in [-0.1, -0.05) is 43.4 Å². The molecule has 1 amide bonds. The van der Waals surface area contributed by atoms with Crippen molar-refractivity contribution in [2.24, 2.45) is 5.92 Å². The fourth-order valence-corrected chi connectivity index (χ4v) is 5.92. The number of methoxy groups -OCH3 is 2. The molecule has 1 saturated heterocycles. The zero-order chi connectivity index (χ0) is 30.7. The maximum absolute atomic E-state index is 13.7. The van der Waals surface area contributed by atoms with Crippen molar-refractivity contribution in [3.63, 3.8) is 0 Å². The summed E-state index contributed by atoms with van der Waals surface area (Å²) in [6.45, 7) is 7.04. The Labute approximate surface area is 254 Å². The molecule has 224 valence electrons. The molecule has 9 nitrogen and oxygen atoms in total. The molecule has 0 spiro atoms. The number of amides is 1. The number of hydrogen-bond donors (Lipinski definition) is 1. The Morgan fingerprint density at radius 3 is 2.51 bits per heavy atom. The van der Waals surface area contributed by atoms with Gasteiger partial charge < -0.3 is 24.1 Å². The minimum atomic E-state index is -0.989. The third-order valence-electron chi connectivity index (χ3n) is 7.11. The molecule has 43 heavy (non-hydrogen) atoms. The molecule has 1 atom stereocenters. The minimum absolute atomic E-state index is 0.0639. The number of rotatable bonds is 11. The van der Waals surface area contributed by atoms with Crippen LogP contribution >= 0.6 is 11.3 Å². The van der Waals surface area contributed by atoms with Gasteiger partial charge >= 0.3 is 5.91 Å². The number of aliphatic hydroxyl groups excluding tert-OH is 1. The summed E-state index contributed by atoms with van der Waals surface area (Å²) in [7, 11) is 3.11. The predicted octanol–water partition coefficient (Wildman–Crippen LogP) is 6.76. The Morgan fingerprint density at radius 2 is 1.79 bits per heavy atom. The summed E-state index contributed by atoms with van der Waals surface area (Å²) in [6.07, 6.45) is 0.869. The summed E-state index contributed by atoms with van der Waals surface area (Å²) < 4.78 is 23.4. The number of Topliss-reactive ketones (excluding diaryl/α,β-unsaturated/α-hetero) is 1. The van der Waals surface area contributed by atoms with E-state index in [4.69, 9.17) is 18.9 Å². The quantitative estimate of drug-likeness (QED) is 0.114. The third-order valence-corrected chi connectivity index (χ3v) is 8.13. The summed E-state index contributed by atoms with van der Waals surface area (Å²) in [4.78, 5) is 33.5. The van der Waals surface area contributed by atoms with Crippen LogP contribution in [0.15, 0.2) is 66.2 Å². The van der Waals surface area contributed by atoms with Crippen molar-refractivity contribution < 1.29 is 33.6 Å². The van der Waals surface area contributed by atoms with Gasteiger partial charge in [0.25, 0.3) is 5.78 Å². The summed E-state index contributed by atoms with van der Waals surface area (Å²) in [5, 5.41) is 11.9. The number of carbonyl (C=O) groups excluding carboxylic acids is 2. The molecule has 1 fully saturated rings. The number of benzene rings is 3. The predicted molar refractivity (Wildman–Crippen MR) is 167 cm³/mol. The van der Waals surface area contributed by atoms with Crippen molar-refractivity contribution in [3.05, 3.63) is 77.4 Å². The lowest BCUT2D eigenvalue weighted by Crippen LogP contribution is -2.29. The maximum Gasteiger partial charge on any atom is 0.301 e. The first kappa shape index (κ1) is 29.9. The second-order valence-corrected chi connectivity index (χ2v) is 11.4. The standard InChI is InChI=1S/C33H34N2O7S/c1-6-41-23-9-7-8-21(16-23)30(36)28-29(20-10-13-25(26(17-20)40-5)42-15-14-19(2)3)35(32(38)31(28)37)33-34-24-12-11-22(39-4)18-27(24)43-33/h7-13,16-19,29,36H,6,14-15H2,1-5H3/b30-28+. The van der Waals surface area contributed by atoms with Crippen LogP contribution in [-0.4, -0.2) is 49.2 Å². The van der Waals surface area contributed by atoms with Gasteiger partial charge in [-0.2, -0.15) is 0 Å². The number of aliphatic hydroxyl groups is 1. The largest absolute Gasteiger partial charge is 0.507 e. The average molecular weight is 603 g/mol. The maximum atomic E-state index is 13.7. The lowest BCUT2D eigenvalue weighted by Gasteiger charge is -2.24. The van der Waals surface area contributed by atoms with E-state index in [-0.39, 0.29) is 11.3 Å². The van der Waals surface area contributed by atoms with Gasteiger partial charge in [0.2, 0.25) is 0 Å². The van der Waals surface area contributed by atoms with E-state index in [0.717, 1.165) is 11.1 Å². The van der Waals surface area contributed by atoms with Crippen LogP contribution in [0.5, 0.6) is 23.0 Å². The molecule has 3 aromatic carbocycles. The molecule has 10 heteroatoms. The molecule has 0 aliphatic carbocycles. The number of ketones is 1. The number of fused-ring (bicyclic) bond motifs is 1. The van der Waals surface area contributed by atoms with Crippen molar-refractivity contribution in [2.45, 2.75) is 33.2 Å². The third kappa shape index (κ3) is 6.01. The first-order valence-electron chi connectivity index (χ1n) is 14.0. The zero-order valence-electron chi connectivity index (χ0n) is 24.7. The Morgan fingerprint density at radius 1 is 0.977 bits per heavy atom. The molecule has 0 saturated carbocycles. The monoisotopic (exact) mass is 602 g/mol. The van der Waals surface area contributed by atoms with Gasteiger partial charge in [0.05, 0.1) is 49.3 Å². The molecule has 1 N–H and O–H groups in total. The van der Waals surface area contributed by atoms with Crippen molar-refractivity contribution in [1.29, 1.82) is 0 Å². The van der Waals surface area contributed by atoms with Crippen LogP contribution in [0.4, 0.5) is 5.13 Å². The highest BCUT2D eigenvalue weighted by Gasteiger charge is 2.48. The van der Waals surface area contributed by atoms with E-state index < -0.39 is 17.7 Å². The van der Waals surface area contributed by atoms with Gasteiger partial charge in [0.1, 0.15) is 17.3 Å². The SMILES string of the molecule is CCOc1cccc(/C(O)=C2\C(=O)C(=O)N(c3nc4ccc(OC)cc4s3)C2c2ccc(OCCC(C)C)c(OC)c2)c1. The van der Waals surface area contributed by atoms with Crippen LogP contribution in [0, 0.1) is 5.92 Å². The summed E-state index contributed by atoms with van der Waals surface area (Å²) in [6, 6.07) is 16.5. The van der Waals surface area contributed by atoms with Gasteiger partial charge in [0.15, 0.2) is 16.6 Å². The van der Waals surface area contributed by atoms with Crippen molar-refractivity contribution >= 4 is 44.1 Å². The highest BCUT2D eigenvalue weighted by atomic mass is 32.1. The van der Waals surface area contributed by atoms with E-state index >= 15 is 0 Å². The molecule has 2 heterocycles. The van der Waals surface area contributed by atoms with Crippen molar-refractivity contribution in [3.8, 4) is 23.0 Å². The molecule has 1 unspecified atom stereocenters. The Kier molecular flexibility index (Phi) is 8.86. The number of nitrogens with zero attached hydrogens (tertiary/aromatic N) is 2. The van der Waals surface area contributed by atoms with Gasteiger partial charge in [-0.3, -0.25) is 14.5 Å². The second kappa shape index (κ2) is 12.7. The first-order valence-corrected chi connectivity index (χ1v) is 14.9. The van der Waals surface area contributed by atoms with Crippen LogP contribution in [0.25, 0.3) is 16.0 Å². The number of hydrogen-bond acceptors (Lipinski definition) is 9. The van der Waals surface area contributed by atoms with E-state index in [1.54, 1.807) is 61.7 Å². The molecule has 5 rings (SSSR count). The Bertz CT molecular complexity index is 1690. The zero-order valence-corrected chi connectivity index (χ0v) is 25.6. The topological polar surface area (TPSA) is 107 Å². The van der Waals surface area contributed by atoms with Gasteiger partial charge in [-0.25, -0.2) is 4.98 Å². The van der Waals surface area contributed by atoms with Crippen LogP contribution in [-0.2, 0) is 9.59 Å². The number of thiazole rings is 1. The minimum Gasteiger partial charge on any atom is -0.507 e. The van der Waals surface area contributed by atoms with Crippen molar-refractivity contribution in [1.82, 2.24) is 4.98 Å². The van der Waals surface area contributed by atoms with Crippen LogP contribution < -0.4 is 23.8 Å². The lowest BCUT2D eigenvalue weighted by molar-refractivity contribution is -0.132. The highest BCUT2D eigenvalue weighted by molar-refractivity contribution is 7.22. The molecule has 1 aliphatic rings. The van der Waals surface area contributed by atoms with Crippen molar-refractivity contribution in [2.75, 3.05) is 32.3 Å². The fourth-order valence-electron chi connectivity index (χ4n) is 4.90. The van der Waals surface area contributed by atoms with Gasteiger partial charge in [-0.15, -0.1) is 0 Å². The van der Waals surface area contributed by atoms with Gasteiger partial charge in [0, 0.05) is 5.56 Å². The van der Waals surface area contributed by atoms with Gasteiger partial charge in [-0.05, 0) is 67.3 Å². The lowest BCUT2D eigenvalue weighted by atomic mass is 9.95. The molecular weight excluding hydrogens is 568 g/mol. The van der Waals surface area contributed by atoms with E-state index in [1.165, 1.54) is 23.3 Å². The normalized spacial score (nSPS) is 16.2. The first-order chi connectivity index (χ1) is 20.7. The van der Waals surface area contributed by atoms with Crippen LogP contribution in [0.2, 0.25) is 0 Å².